The van der Waals surface area contributed by atoms with Gasteiger partial charge in [0.15, 0.2) is 0 Å². The molecule has 3 rings (SSSR count). The predicted octanol–water partition coefficient (Wildman–Crippen LogP) is 2.71. The molecule has 1 aromatic carbocycles. The molecule has 0 saturated carbocycles. The third-order valence-corrected chi connectivity index (χ3v) is 5.92. The highest BCUT2D eigenvalue weighted by Gasteiger charge is 2.26. The standard InChI is InChI=1S/C20H24ClN3O3S/c1-14(23-20(26)18-7-4-12-28-18)19(25)22-13-17(24-8-10-27-11-9-24)15-5-2-3-6-16(15)21/h2-7,12,14,17H,8-11,13H2,1H3,(H,22,25)(H,23,26). The minimum atomic E-state index is -0.633. The lowest BCUT2D eigenvalue weighted by Gasteiger charge is -2.35. The molecule has 8 heteroatoms. The maximum absolute atomic E-state index is 12.6. The number of rotatable bonds is 7. The van der Waals surface area contributed by atoms with Crippen molar-refractivity contribution in [1.82, 2.24) is 15.5 Å². The first-order chi connectivity index (χ1) is 13.6. The number of carbonyl (C=O) groups is 2. The quantitative estimate of drug-likeness (QED) is 0.721. The third kappa shape index (κ3) is 5.32. The normalized spacial score (nSPS) is 16.9. The third-order valence-electron chi connectivity index (χ3n) is 4.71. The Morgan fingerprint density at radius 2 is 1.96 bits per heavy atom. The lowest BCUT2D eigenvalue weighted by molar-refractivity contribution is -0.122. The van der Waals surface area contributed by atoms with Crippen LogP contribution in [0, 0.1) is 0 Å². The van der Waals surface area contributed by atoms with Crippen molar-refractivity contribution in [2.45, 2.75) is 19.0 Å². The van der Waals surface area contributed by atoms with Gasteiger partial charge in [-0.1, -0.05) is 35.9 Å². The average Bonchev–Trinajstić information content (AvgIpc) is 3.25. The maximum atomic E-state index is 12.6. The van der Waals surface area contributed by atoms with Crippen LogP contribution < -0.4 is 10.6 Å². The molecule has 0 radical (unpaired) electrons. The second-order valence-corrected chi connectivity index (χ2v) is 7.96. The van der Waals surface area contributed by atoms with Crippen molar-refractivity contribution in [3.8, 4) is 0 Å². The molecule has 6 nitrogen and oxygen atoms in total. The second-order valence-electron chi connectivity index (χ2n) is 6.60. The molecular formula is C20H24ClN3O3S. The highest BCUT2D eigenvalue weighted by atomic mass is 35.5. The molecule has 1 aliphatic rings. The SMILES string of the molecule is CC(NC(=O)c1cccs1)C(=O)NCC(c1ccccc1Cl)N1CCOCC1. The van der Waals surface area contributed by atoms with Gasteiger partial charge in [-0.25, -0.2) is 0 Å². The Balaban J connectivity index is 1.63. The number of hydrogen-bond acceptors (Lipinski definition) is 5. The maximum Gasteiger partial charge on any atom is 0.261 e. The van der Waals surface area contributed by atoms with E-state index in [1.807, 2.05) is 29.6 Å². The van der Waals surface area contributed by atoms with Crippen LogP contribution in [0.25, 0.3) is 0 Å². The molecule has 2 aromatic rings. The van der Waals surface area contributed by atoms with Crippen molar-refractivity contribution < 1.29 is 14.3 Å². The fourth-order valence-corrected chi connectivity index (χ4v) is 4.05. The number of benzene rings is 1. The van der Waals surface area contributed by atoms with Gasteiger partial charge in [0.25, 0.3) is 5.91 Å². The molecule has 2 unspecified atom stereocenters. The smallest absolute Gasteiger partial charge is 0.261 e. The molecule has 1 aromatic heterocycles. The number of nitrogens with one attached hydrogen (secondary N) is 2. The van der Waals surface area contributed by atoms with Crippen molar-refractivity contribution in [2.75, 3.05) is 32.8 Å². The van der Waals surface area contributed by atoms with E-state index in [-0.39, 0.29) is 17.9 Å². The van der Waals surface area contributed by atoms with Crippen LogP contribution in [0.1, 0.15) is 28.2 Å². The second kappa shape index (κ2) is 10.0. The van der Waals surface area contributed by atoms with Crippen molar-refractivity contribution in [1.29, 1.82) is 0 Å². The van der Waals surface area contributed by atoms with Crippen molar-refractivity contribution >= 4 is 34.8 Å². The van der Waals surface area contributed by atoms with E-state index in [9.17, 15) is 9.59 Å². The van der Waals surface area contributed by atoms with Gasteiger partial charge in [0.2, 0.25) is 5.91 Å². The van der Waals surface area contributed by atoms with Crippen LogP contribution in [0.2, 0.25) is 5.02 Å². The lowest BCUT2D eigenvalue weighted by atomic mass is 10.0. The van der Waals surface area contributed by atoms with E-state index in [4.69, 9.17) is 16.3 Å². The summed E-state index contributed by atoms with van der Waals surface area (Å²) in [6.07, 6.45) is 0. The minimum Gasteiger partial charge on any atom is -0.379 e. The number of thiophene rings is 1. The molecule has 150 valence electrons. The van der Waals surface area contributed by atoms with E-state index in [1.54, 1.807) is 19.1 Å². The molecule has 0 bridgehead atoms. The monoisotopic (exact) mass is 421 g/mol. The summed E-state index contributed by atoms with van der Waals surface area (Å²) < 4.78 is 5.45. The van der Waals surface area contributed by atoms with E-state index in [1.165, 1.54) is 11.3 Å². The number of ether oxygens (including phenoxy) is 1. The summed E-state index contributed by atoms with van der Waals surface area (Å²) in [5.74, 6) is -0.469. The Labute approximate surface area is 173 Å². The highest BCUT2D eigenvalue weighted by Crippen LogP contribution is 2.27. The van der Waals surface area contributed by atoms with Crippen LogP contribution >= 0.6 is 22.9 Å². The molecule has 2 heterocycles. The Morgan fingerprint density at radius 1 is 1.21 bits per heavy atom. The summed E-state index contributed by atoms with van der Waals surface area (Å²) in [5, 5.41) is 8.20. The van der Waals surface area contributed by atoms with Gasteiger partial charge in [-0.15, -0.1) is 11.3 Å². The summed E-state index contributed by atoms with van der Waals surface area (Å²) in [6.45, 7) is 4.94. The van der Waals surface area contributed by atoms with Gasteiger partial charge in [0.05, 0.1) is 24.1 Å². The van der Waals surface area contributed by atoms with E-state index in [0.717, 1.165) is 18.7 Å². The fourth-order valence-electron chi connectivity index (χ4n) is 3.16. The van der Waals surface area contributed by atoms with Gasteiger partial charge in [0.1, 0.15) is 6.04 Å². The number of carbonyl (C=O) groups excluding carboxylic acids is 2. The van der Waals surface area contributed by atoms with Crippen LogP contribution in [-0.4, -0.2) is 55.6 Å². The molecule has 28 heavy (non-hydrogen) atoms. The van der Waals surface area contributed by atoms with Gasteiger partial charge in [-0.05, 0) is 30.0 Å². The molecule has 1 fully saturated rings. The molecular weight excluding hydrogens is 398 g/mol. The van der Waals surface area contributed by atoms with Gasteiger partial charge in [0, 0.05) is 24.7 Å². The van der Waals surface area contributed by atoms with Gasteiger partial charge in [-0.3, -0.25) is 14.5 Å². The van der Waals surface area contributed by atoms with Crippen LogP contribution in [0.4, 0.5) is 0 Å². The Hall–Kier alpha value is -1.93. The number of morpholine rings is 1. The molecule has 0 aliphatic carbocycles. The molecule has 0 spiro atoms. The largest absolute Gasteiger partial charge is 0.379 e. The molecule has 2 amide bonds. The van der Waals surface area contributed by atoms with Crippen LogP contribution in [0.3, 0.4) is 0 Å². The Morgan fingerprint density at radius 3 is 2.64 bits per heavy atom. The first kappa shape index (κ1) is 20.8. The fraction of sp³-hybridized carbons (Fsp3) is 0.400. The van der Waals surface area contributed by atoms with E-state index in [0.29, 0.717) is 29.7 Å². The van der Waals surface area contributed by atoms with E-state index in [2.05, 4.69) is 15.5 Å². The highest BCUT2D eigenvalue weighted by molar-refractivity contribution is 7.12. The Kier molecular flexibility index (Phi) is 7.44. The van der Waals surface area contributed by atoms with Crippen LogP contribution in [-0.2, 0) is 9.53 Å². The van der Waals surface area contributed by atoms with Gasteiger partial charge < -0.3 is 15.4 Å². The number of amides is 2. The predicted molar refractivity (Wildman–Crippen MR) is 111 cm³/mol. The van der Waals surface area contributed by atoms with Crippen LogP contribution in [0.5, 0.6) is 0 Å². The van der Waals surface area contributed by atoms with Crippen molar-refractivity contribution in [3.63, 3.8) is 0 Å². The number of nitrogens with zero attached hydrogens (tertiary/aromatic N) is 1. The first-order valence-corrected chi connectivity index (χ1v) is 10.5. The van der Waals surface area contributed by atoms with E-state index >= 15 is 0 Å². The van der Waals surface area contributed by atoms with Crippen LogP contribution in [0.15, 0.2) is 41.8 Å². The average molecular weight is 422 g/mol. The summed E-state index contributed by atoms with van der Waals surface area (Å²) in [7, 11) is 0. The van der Waals surface area contributed by atoms with Gasteiger partial charge >= 0.3 is 0 Å². The molecule has 1 aliphatic heterocycles. The lowest BCUT2D eigenvalue weighted by Crippen LogP contribution is -2.48. The van der Waals surface area contributed by atoms with Gasteiger partial charge in [-0.2, -0.15) is 0 Å². The minimum absolute atomic E-state index is 0.0539. The molecule has 2 atom stereocenters. The zero-order valence-corrected chi connectivity index (χ0v) is 17.3. The van der Waals surface area contributed by atoms with E-state index < -0.39 is 6.04 Å². The van der Waals surface area contributed by atoms with Crippen molar-refractivity contribution in [3.05, 3.63) is 57.2 Å². The number of hydrogen-bond donors (Lipinski definition) is 2. The molecule has 2 N–H and O–H groups in total. The number of halogens is 1. The Bertz CT molecular complexity index is 794. The first-order valence-electron chi connectivity index (χ1n) is 9.24. The summed E-state index contributed by atoms with van der Waals surface area (Å²) in [5.41, 5.74) is 0.974. The zero-order chi connectivity index (χ0) is 19.9. The van der Waals surface area contributed by atoms with Crippen molar-refractivity contribution in [2.24, 2.45) is 0 Å². The topological polar surface area (TPSA) is 70.7 Å². The molecule has 1 saturated heterocycles. The summed E-state index contributed by atoms with van der Waals surface area (Å²) in [4.78, 5) is 27.6. The summed E-state index contributed by atoms with van der Waals surface area (Å²) >= 11 is 7.76. The summed E-state index contributed by atoms with van der Waals surface area (Å²) in [6, 6.07) is 10.5. The zero-order valence-electron chi connectivity index (χ0n) is 15.7.